The van der Waals surface area contributed by atoms with Gasteiger partial charge in [0.05, 0.1) is 13.2 Å². The molecular formula is C28H39FO2. The van der Waals surface area contributed by atoms with E-state index < -0.39 is 0 Å². The topological polar surface area (TPSA) is 18.5 Å². The summed E-state index contributed by atoms with van der Waals surface area (Å²) in [6.45, 7) is 6.05. The Kier molecular flexibility index (Phi) is 10.0. The summed E-state index contributed by atoms with van der Waals surface area (Å²) in [5.41, 5.74) is 3.95. The largest absolute Gasteiger partial charge is 0.352 e. The molecule has 1 fully saturated rings. The highest BCUT2D eigenvalue weighted by atomic mass is 19.1. The van der Waals surface area contributed by atoms with Gasteiger partial charge >= 0.3 is 0 Å². The predicted octanol–water partition coefficient (Wildman–Crippen LogP) is 7.73. The predicted molar refractivity (Wildman–Crippen MR) is 127 cm³/mol. The molecule has 170 valence electrons. The molecule has 1 aliphatic heterocycles. The van der Waals surface area contributed by atoms with Crippen molar-refractivity contribution in [3.05, 3.63) is 59.4 Å². The van der Waals surface area contributed by atoms with E-state index in [9.17, 15) is 4.39 Å². The average molecular weight is 427 g/mol. The lowest BCUT2D eigenvalue weighted by molar-refractivity contribution is -0.203. The maximum absolute atomic E-state index is 14.7. The molecule has 31 heavy (non-hydrogen) atoms. The maximum atomic E-state index is 14.7. The first kappa shape index (κ1) is 23.9. The molecule has 2 aromatic carbocycles. The molecule has 2 aromatic rings. The van der Waals surface area contributed by atoms with Crippen LogP contribution >= 0.6 is 0 Å². The minimum atomic E-state index is -0.121. The molecule has 0 spiro atoms. The minimum absolute atomic E-state index is 0.0975. The number of hydrogen-bond donors (Lipinski definition) is 0. The highest BCUT2D eigenvalue weighted by Gasteiger charge is 2.21. The van der Waals surface area contributed by atoms with Gasteiger partial charge in [-0.1, -0.05) is 82.3 Å². The Morgan fingerprint density at radius 2 is 1.48 bits per heavy atom. The lowest BCUT2D eigenvalue weighted by Gasteiger charge is -2.29. The molecule has 1 aliphatic rings. The van der Waals surface area contributed by atoms with E-state index in [4.69, 9.17) is 9.47 Å². The Hall–Kier alpha value is -1.71. The number of hydrogen-bond acceptors (Lipinski definition) is 2. The number of rotatable bonds is 12. The van der Waals surface area contributed by atoms with Crippen LogP contribution in [0.2, 0.25) is 0 Å². The first-order valence-electron chi connectivity index (χ1n) is 12.3. The highest BCUT2D eigenvalue weighted by Crippen LogP contribution is 2.26. The molecule has 1 saturated heterocycles. The van der Waals surface area contributed by atoms with E-state index in [2.05, 4.69) is 32.0 Å². The molecular weight excluding hydrogens is 387 g/mol. The van der Waals surface area contributed by atoms with Crippen LogP contribution in [0.25, 0.3) is 11.1 Å². The summed E-state index contributed by atoms with van der Waals surface area (Å²) in [6, 6.07) is 14.0. The van der Waals surface area contributed by atoms with Crippen LogP contribution in [0.5, 0.6) is 0 Å². The lowest BCUT2D eigenvalue weighted by Crippen LogP contribution is -2.32. The van der Waals surface area contributed by atoms with Gasteiger partial charge in [0.2, 0.25) is 0 Å². The number of ether oxygens (including phenoxy) is 2. The van der Waals surface area contributed by atoms with Crippen molar-refractivity contribution in [3.8, 4) is 11.1 Å². The quantitative estimate of drug-likeness (QED) is 0.323. The van der Waals surface area contributed by atoms with Gasteiger partial charge in [0.1, 0.15) is 5.82 Å². The fraction of sp³-hybridized carbons (Fsp3) is 0.571. The lowest BCUT2D eigenvalue weighted by atomic mass is 9.98. The van der Waals surface area contributed by atoms with Gasteiger partial charge in [0, 0.05) is 17.9 Å². The Morgan fingerprint density at radius 1 is 0.774 bits per heavy atom. The van der Waals surface area contributed by atoms with Crippen molar-refractivity contribution in [2.75, 3.05) is 13.2 Å². The smallest absolute Gasteiger partial charge is 0.157 e. The van der Waals surface area contributed by atoms with E-state index in [1.807, 2.05) is 18.2 Å². The number of aryl methyl sites for hydroxylation is 2. The third-order valence-corrected chi connectivity index (χ3v) is 6.27. The van der Waals surface area contributed by atoms with Crippen LogP contribution in [0.3, 0.4) is 0 Å². The molecule has 3 rings (SSSR count). The molecule has 0 radical (unpaired) electrons. The average Bonchev–Trinajstić information content (AvgIpc) is 2.79. The normalized spacial score (nSPS) is 18.9. The molecule has 2 nitrogen and oxygen atoms in total. The third kappa shape index (κ3) is 7.73. The molecule has 0 aromatic heterocycles. The van der Waals surface area contributed by atoms with Crippen molar-refractivity contribution in [1.29, 1.82) is 0 Å². The molecule has 0 bridgehead atoms. The summed E-state index contributed by atoms with van der Waals surface area (Å²) < 4.78 is 26.4. The Morgan fingerprint density at radius 3 is 2.16 bits per heavy atom. The fourth-order valence-corrected chi connectivity index (χ4v) is 4.34. The van der Waals surface area contributed by atoms with E-state index in [0.717, 1.165) is 50.0 Å². The van der Waals surface area contributed by atoms with Crippen molar-refractivity contribution in [1.82, 2.24) is 0 Å². The Balaban J connectivity index is 1.47. The monoisotopic (exact) mass is 426 g/mol. The van der Waals surface area contributed by atoms with Crippen molar-refractivity contribution < 1.29 is 13.9 Å². The van der Waals surface area contributed by atoms with Crippen LogP contribution in [0.1, 0.15) is 76.3 Å². The molecule has 0 saturated carbocycles. The van der Waals surface area contributed by atoms with Crippen molar-refractivity contribution in [2.24, 2.45) is 5.92 Å². The summed E-state index contributed by atoms with van der Waals surface area (Å²) in [6.07, 6.45) is 11.2. The van der Waals surface area contributed by atoms with Crippen LogP contribution < -0.4 is 0 Å². The van der Waals surface area contributed by atoms with Gasteiger partial charge in [-0.15, -0.1) is 0 Å². The summed E-state index contributed by atoms with van der Waals surface area (Å²) in [5, 5.41) is 0. The Bertz CT molecular complexity index is 763. The summed E-state index contributed by atoms with van der Waals surface area (Å²) in [7, 11) is 0. The zero-order valence-electron chi connectivity index (χ0n) is 19.4. The summed E-state index contributed by atoms with van der Waals surface area (Å²) in [5.74, 6) is 0.423. The summed E-state index contributed by atoms with van der Waals surface area (Å²) >= 11 is 0. The van der Waals surface area contributed by atoms with Gasteiger partial charge in [0.25, 0.3) is 0 Å². The molecule has 0 unspecified atom stereocenters. The van der Waals surface area contributed by atoms with Crippen LogP contribution in [0.15, 0.2) is 42.5 Å². The molecule has 1 heterocycles. The first-order valence-corrected chi connectivity index (χ1v) is 12.3. The van der Waals surface area contributed by atoms with Crippen molar-refractivity contribution in [3.63, 3.8) is 0 Å². The molecule has 0 aliphatic carbocycles. The number of benzene rings is 2. The first-order chi connectivity index (χ1) is 15.2. The zero-order chi connectivity index (χ0) is 21.9. The fourth-order valence-electron chi connectivity index (χ4n) is 4.34. The van der Waals surface area contributed by atoms with Crippen molar-refractivity contribution >= 4 is 0 Å². The second-order valence-corrected chi connectivity index (χ2v) is 8.96. The van der Waals surface area contributed by atoms with E-state index in [-0.39, 0.29) is 12.1 Å². The van der Waals surface area contributed by atoms with E-state index in [1.165, 1.54) is 44.1 Å². The second kappa shape index (κ2) is 13.0. The minimum Gasteiger partial charge on any atom is -0.352 e. The molecule has 3 heteroatoms. The number of halogens is 1. The van der Waals surface area contributed by atoms with E-state index >= 15 is 0 Å². The standard InChI is InChI=1S/C28H39FO2/c1-3-5-6-7-8-10-23-13-17-26(27(29)19-23)25-15-11-22(12-16-25)14-18-28-30-20-24(9-4-2)21-31-28/h11-13,15-17,19,24,28H,3-10,14,18,20-21H2,1-2H3. The van der Waals surface area contributed by atoms with Crippen LogP contribution in [-0.4, -0.2) is 19.5 Å². The molecule has 0 N–H and O–H groups in total. The van der Waals surface area contributed by atoms with Gasteiger partial charge < -0.3 is 9.47 Å². The Labute approximate surface area is 188 Å². The van der Waals surface area contributed by atoms with Crippen molar-refractivity contribution in [2.45, 2.75) is 84.3 Å². The van der Waals surface area contributed by atoms with Gasteiger partial charge in [-0.2, -0.15) is 0 Å². The third-order valence-electron chi connectivity index (χ3n) is 6.27. The summed E-state index contributed by atoms with van der Waals surface area (Å²) in [4.78, 5) is 0. The molecule has 0 amide bonds. The van der Waals surface area contributed by atoms with Gasteiger partial charge in [-0.05, 0) is 48.4 Å². The van der Waals surface area contributed by atoms with Gasteiger partial charge in [-0.25, -0.2) is 4.39 Å². The molecule has 0 atom stereocenters. The van der Waals surface area contributed by atoms with Crippen LogP contribution in [0.4, 0.5) is 4.39 Å². The van der Waals surface area contributed by atoms with Gasteiger partial charge in [-0.3, -0.25) is 0 Å². The van der Waals surface area contributed by atoms with Crippen LogP contribution in [-0.2, 0) is 22.3 Å². The highest BCUT2D eigenvalue weighted by molar-refractivity contribution is 5.64. The zero-order valence-corrected chi connectivity index (χ0v) is 19.4. The maximum Gasteiger partial charge on any atom is 0.157 e. The second-order valence-electron chi connectivity index (χ2n) is 8.96. The number of unbranched alkanes of at least 4 members (excludes halogenated alkanes) is 4. The van der Waals surface area contributed by atoms with E-state index in [1.54, 1.807) is 6.07 Å². The van der Waals surface area contributed by atoms with Crippen LogP contribution in [0, 0.1) is 11.7 Å². The SMILES string of the molecule is CCCCCCCc1ccc(-c2ccc(CCC3OCC(CCC)CO3)cc2)c(F)c1. The van der Waals surface area contributed by atoms with E-state index in [0.29, 0.717) is 11.5 Å². The van der Waals surface area contributed by atoms with Gasteiger partial charge in [0.15, 0.2) is 6.29 Å².